The number of amides is 2. The summed E-state index contributed by atoms with van der Waals surface area (Å²) in [5.74, 6) is -0.505. The van der Waals surface area contributed by atoms with Crippen LogP contribution in [0.3, 0.4) is 0 Å². The second kappa shape index (κ2) is 4.58. The van der Waals surface area contributed by atoms with Gasteiger partial charge in [0.25, 0.3) is 5.91 Å². The lowest BCUT2D eigenvalue weighted by atomic mass is 10.2. The molecule has 1 aromatic heterocycles. The molecule has 8 heteroatoms. The van der Waals surface area contributed by atoms with Crippen LogP contribution in [0, 0.1) is 4.77 Å². The molecular formula is C12H9Cl2N3O2S. The Morgan fingerprint density at radius 2 is 1.95 bits per heavy atom. The van der Waals surface area contributed by atoms with Crippen molar-refractivity contribution in [3.8, 4) is 0 Å². The average Bonchev–Trinajstić information content (AvgIpc) is 2.81. The van der Waals surface area contributed by atoms with Crippen LogP contribution in [-0.4, -0.2) is 33.3 Å². The lowest BCUT2D eigenvalue weighted by Crippen LogP contribution is -2.26. The molecule has 0 spiro atoms. The Hall–Kier alpha value is -1.37. The van der Waals surface area contributed by atoms with Crippen molar-refractivity contribution in [1.29, 1.82) is 0 Å². The second-order valence-electron chi connectivity index (χ2n) is 4.59. The predicted molar refractivity (Wildman–Crippen MR) is 78.6 cm³/mol. The number of benzene rings is 1. The number of rotatable bonds is 1. The number of likely N-dealkylation sites (N-methyl/N-ethyl adjacent to an activating group) is 1. The molecule has 1 aliphatic heterocycles. The molecule has 1 fully saturated rings. The van der Waals surface area contributed by atoms with Gasteiger partial charge >= 0.3 is 0 Å². The van der Waals surface area contributed by atoms with E-state index in [2.05, 4.69) is 4.98 Å². The average molecular weight is 330 g/mol. The summed E-state index contributed by atoms with van der Waals surface area (Å²) in [5.41, 5.74) is 1.34. The van der Waals surface area contributed by atoms with E-state index in [4.69, 9.17) is 35.4 Å². The predicted octanol–water partition coefficient (Wildman–Crippen LogP) is 2.94. The Balaban J connectivity index is 2.24. The molecule has 1 unspecified atom stereocenters. The number of imide groups is 1. The first-order valence-corrected chi connectivity index (χ1v) is 6.96. The van der Waals surface area contributed by atoms with Gasteiger partial charge in [0.15, 0.2) is 4.77 Å². The minimum Gasteiger partial charge on any atom is -0.331 e. The van der Waals surface area contributed by atoms with Crippen molar-refractivity contribution in [2.24, 2.45) is 0 Å². The van der Waals surface area contributed by atoms with Crippen LogP contribution in [0.2, 0.25) is 10.0 Å². The van der Waals surface area contributed by atoms with E-state index in [1.807, 2.05) is 0 Å². The number of hydrogen-bond donors (Lipinski definition) is 1. The Bertz CT molecular complexity index is 811. The highest BCUT2D eigenvalue weighted by Gasteiger charge is 2.38. The van der Waals surface area contributed by atoms with Crippen molar-refractivity contribution in [1.82, 2.24) is 14.5 Å². The van der Waals surface area contributed by atoms with Crippen molar-refractivity contribution in [2.75, 3.05) is 7.05 Å². The number of fused-ring (bicyclic) bond motifs is 1. The van der Waals surface area contributed by atoms with Gasteiger partial charge in [-0.3, -0.25) is 14.5 Å². The molecule has 0 aliphatic carbocycles. The number of carbonyl (C=O) groups is 2. The molecule has 3 rings (SSSR count). The molecule has 0 saturated carbocycles. The molecule has 2 aromatic rings. The Morgan fingerprint density at radius 1 is 1.30 bits per heavy atom. The highest BCUT2D eigenvalue weighted by molar-refractivity contribution is 7.71. The number of aromatic amines is 1. The lowest BCUT2D eigenvalue weighted by Gasteiger charge is -2.11. The zero-order chi connectivity index (χ0) is 14.6. The van der Waals surface area contributed by atoms with E-state index < -0.39 is 6.04 Å². The molecule has 0 radical (unpaired) electrons. The van der Waals surface area contributed by atoms with Crippen molar-refractivity contribution in [2.45, 2.75) is 12.5 Å². The Kier molecular flexibility index (Phi) is 3.12. The lowest BCUT2D eigenvalue weighted by molar-refractivity contribution is -0.137. The molecule has 20 heavy (non-hydrogen) atoms. The molecule has 104 valence electrons. The first-order valence-electron chi connectivity index (χ1n) is 5.80. The maximum Gasteiger partial charge on any atom is 0.252 e. The van der Waals surface area contributed by atoms with Gasteiger partial charge in [-0.2, -0.15) is 0 Å². The van der Waals surface area contributed by atoms with Crippen LogP contribution in [0.1, 0.15) is 12.5 Å². The summed E-state index contributed by atoms with van der Waals surface area (Å²) >= 11 is 17.2. The van der Waals surface area contributed by atoms with E-state index in [9.17, 15) is 9.59 Å². The van der Waals surface area contributed by atoms with E-state index in [0.29, 0.717) is 25.8 Å². The highest BCUT2D eigenvalue weighted by atomic mass is 35.5. The summed E-state index contributed by atoms with van der Waals surface area (Å²) in [6.07, 6.45) is 0.0941. The van der Waals surface area contributed by atoms with E-state index in [0.717, 1.165) is 4.90 Å². The zero-order valence-electron chi connectivity index (χ0n) is 10.3. The second-order valence-corrected chi connectivity index (χ2v) is 5.80. The number of likely N-dealkylation sites (tertiary alicyclic amines) is 1. The standard InChI is InChI=1S/C12H9Cl2N3O2S/c1-16-10(18)4-9(11(16)19)17-8-3-6(14)5(13)2-7(8)15-12(17)20/h2-3,9H,4H2,1H3,(H,15,20). The monoisotopic (exact) mass is 329 g/mol. The first kappa shape index (κ1) is 13.6. The molecule has 0 bridgehead atoms. The number of aromatic nitrogens is 2. The maximum absolute atomic E-state index is 12.1. The van der Waals surface area contributed by atoms with Crippen LogP contribution in [0.25, 0.3) is 11.0 Å². The van der Waals surface area contributed by atoms with Crippen molar-refractivity contribution in [3.05, 3.63) is 26.9 Å². The summed E-state index contributed by atoms with van der Waals surface area (Å²) in [4.78, 5) is 27.9. The van der Waals surface area contributed by atoms with E-state index in [1.165, 1.54) is 7.05 Å². The summed E-state index contributed by atoms with van der Waals surface area (Å²) in [6, 6.07) is 2.66. The number of nitrogens with one attached hydrogen (secondary N) is 1. The summed E-state index contributed by atoms with van der Waals surface area (Å²) in [6.45, 7) is 0. The molecule has 2 heterocycles. The van der Waals surface area contributed by atoms with Gasteiger partial charge in [0.1, 0.15) is 6.04 Å². The van der Waals surface area contributed by atoms with Gasteiger partial charge < -0.3 is 9.55 Å². The van der Waals surface area contributed by atoms with Gasteiger partial charge in [-0.05, 0) is 24.4 Å². The van der Waals surface area contributed by atoms with E-state index >= 15 is 0 Å². The number of halogens is 2. The fourth-order valence-corrected chi connectivity index (χ4v) is 3.02. The van der Waals surface area contributed by atoms with Crippen LogP contribution < -0.4 is 0 Å². The van der Waals surface area contributed by atoms with Gasteiger partial charge in [0, 0.05) is 7.05 Å². The largest absolute Gasteiger partial charge is 0.331 e. The molecule has 2 amide bonds. The topological polar surface area (TPSA) is 58.1 Å². The van der Waals surface area contributed by atoms with Gasteiger partial charge in [-0.15, -0.1) is 0 Å². The maximum atomic E-state index is 12.1. The number of carbonyl (C=O) groups excluding carboxylic acids is 2. The van der Waals surface area contributed by atoms with Gasteiger partial charge in [-0.25, -0.2) is 0 Å². The van der Waals surface area contributed by atoms with Crippen molar-refractivity contribution in [3.63, 3.8) is 0 Å². The molecule has 1 atom stereocenters. The van der Waals surface area contributed by atoms with Crippen LogP contribution in [-0.2, 0) is 9.59 Å². The van der Waals surface area contributed by atoms with Crippen LogP contribution >= 0.6 is 35.4 Å². The fraction of sp³-hybridized carbons (Fsp3) is 0.250. The van der Waals surface area contributed by atoms with Gasteiger partial charge in [0.05, 0.1) is 27.5 Å². The zero-order valence-corrected chi connectivity index (χ0v) is 12.6. The summed E-state index contributed by atoms with van der Waals surface area (Å²) < 4.78 is 1.98. The number of hydrogen-bond acceptors (Lipinski definition) is 3. The third kappa shape index (κ3) is 1.87. The molecular weight excluding hydrogens is 321 g/mol. The minimum atomic E-state index is -0.633. The Morgan fingerprint density at radius 3 is 2.55 bits per heavy atom. The summed E-state index contributed by atoms with van der Waals surface area (Å²) in [7, 11) is 1.47. The van der Waals surface area contributed by atoms with E-state index in [-0.39, 0.29) is 18.2 Å². The number of H-pyrrole nitrogens is 1. The third-order valence-corrected chi connectivity index (χ3v) is 4.45. The minimum absolute atomic E-state index is 0.0941. The van der Waals surface area contributed by atoms with E-state index in [1.54, 1.807) is 16.7 Å². The molecule has 1 saturated heterocycles. The summed E-state index contributed by atoms with van der Waals surface area (Å²) in [5, 5.41) is 0.764. The molecule has 1 aliphatic rings. The number of imidazole rings is 1. The molecule has 1 N–H and O–H groups in total. The van der Waals surface area contributed by atoms with Crippen molar-refractivity contribution >= 4 is 58.3 Å². The quantitative estimate of drug-likeness (QED) is 0.646. The van der Waals surface area contributed by atoms with Gasteiger partial charge in [0.2, 0.25) is 5.91 Å². The highest BCUT2D eigenvalue weighted by Crippen LogP contribution is 2.32. The van der Waals surface area contributed by atoms with Crippen molar-refractivity contribution < 1.29 is 9.59 Å². The normalized spacial score (nSPS) is 19.4. The van der Waals surface area contributed by atoms with Crippen LogP contribution in [0.4, 0.5) is 0 Å². The Labute approximate surface area is 129 Å². The fourth-order valence-electron chi connectivity index (χ4n) is 2.37. The smallest absolute Gasteiger partial charge is 0.252 e. The van der Waals surface area contributed by atoms with Crippen LogP contribution in [0.5, 0.6) is 0 Å². The number of nitrogens with zero attached hydrogens (tertiary/aromatic N) is 2. The van der Waals surface area contributed by atoms with Gasteiger partial charge in [-0.1, -0.05) is 23.2 Å². The molecule has 1 aromatic carbocycles. The van der Waals surface area contributed by atoms with Crippen LogP contribution in [0.15, 0.2) is 12.1 Å². The third-order valence-electron chi connectivity index (χ3n) is 3.43. The SMILES string of the molecule is CN1C(=O)CC(n2c(=S)[nH]c3cc(Cl)c(Cl)cc32)C1=O. The first-order chi connectivity index (χ1) is 9.40. The molecule has 5 nitrogen and oxygen atoms in total.